The second-order valence-corrected chi connectivity index (χ2v) is 12.1. The van der Waals surface area contributed by atoms with Crippen LogP contribution in [0.15, 0.2) is 59.8 Å². The first-order valence-corrected chi connectivity index (χ1v) is 17.3. The summed E-state index contributed by atoms with van der Waals surface area (Å²) in [5, 5.41) is 15.0. The predicted octanol–water partition coefficient (Wildman–Crippen LogP) is 7.77. The molecule has 2 rings (SSSR count). The number of esters is 2. The van der Waals surface area contributed by atoms with Crippen LogP contribution in [-0.2, 0) is 28.7 Å². The Morgan fingerprint density at radius 1 is 0.714 bits per heavy atom. The second kappa shape index (κ2) is 22.6. The van der Waals surface area contributed by atoms with E-state index in [4.69, 9.17) is 15.2 Å². The lowest BCUT2D eigenvalue weighted by atomic mass is 10.0. The molecule has 0 aromatic heterocycles. The zero-order chi connectivity index (χ0) is 36.0. The highest BCUT2D eigenvalue weighted by atomic mass is 16.5. The van der Waals surface area contributed by atoms with Gasteiger partial charge in [-0.05, 0) is 72.2 Å². The Bertz CT molecular complexity index is 1460. The number of benzene rings is 2. The van der Waals surface area contributed by atoms with Gasteiger partial charge in [-0.3, -0.25) is 9.59 Å². The van der Waals surface area contributed by atoms with Crippen LogP contribution in [0, 0.1) is 23.2 Å². The first-order chi connectivity index (χ1) is 23.6. The summed E-state index contributed by atoms with van der Waals surface area (Å²) in [6.45, 7) is 9.02. The summed E-state index contributed by atoms with van der Waals surface area (Å²) in [6.07, 6.45) is 11.1. The number of carbonyl (C=O) groups excluding carboxylic acids is 4. The monoisotopic (exact) mass is 672 g/mol. The molecule has 2 aromatic carbocycles. The molecule has 4 N–H and O–H groups in total. The molecule has 0 spiro atoms. The molecule has 0 radical (unpaired) electrons. The van der Waals surface area contributed by atoms with Crippen LogP contribution in [0.25, 0.3) is 12.2 Å². The van der Waals surface area contributed by atoms with Gasteiger partial charge in [-0.1, -0.05) is 90.5 Å². The number of anilines is 2. The molecular formula is C39H52N4O6. The zero-order valence-corrected chi connectivity index (χ0v) is 29.4. The third kappa shape index (κ3) is 15.7. The van der Waals surface area contributed by atoms with E-state index >= 15 is 0 Å². The van der Waals surface area contributed by atoms with Gasteiger partial charge in [0.15, 0.2) is 0 Å². The number of ether oxygens (including phenoxy) is 2. The van der Waals surface area contributed by atoms with E-state index in [0.29, 0.717) is 35.0 Å². The Morgan fingerprint density at radius 3 is 1.55 bits per heavy atom. The maximum absolute atomic E-state index is 12.5. The molecule has 10 heteroatoms. The van der Waals surface area contributed by atoms with Crippen LogP contribution in [0.2, 0.25) is 0 Å². The molecular weight excluding hydrogens is 620 g/mol. The van der Waals surface area contributed by atoms with E-state index in [0.717, 1.165) is 51.4 Å². The molecule has 0 saturated heterocycles. The second-order valence-electron chi connectivity index (χ2n) is 12.1. The number of hydrogen-bond acceptors (Lipinski definition) is 8. The Balaban J connectivity index is 1.81. The summed E-state index contributed by atoms with van der Waals surface area (Å²) >= 11 is 0. The summed E-state index contributed by atoms with van der Waals surface area (Å²) in [5.41, 5.74) is 8.19. The zero-order valence-electron chi connectivity index (χ0n) is 29.4. The molecule has 2 unspecified atom stereocenters. The van der Waals surface area contributed by atoms with Crippen molar-refractivity contribution in [1.29, 1.82) is 5.26 Å². The van der Waals surface area contributed by atoms with Crippen molar-refractivity contribution in [2.24, 2.45) is 17.6 Å². The summed E-state index contributed by atoms with van der Waals surface area (Å²) in [5.74, 6) is -1.28. The van der Waals surface area contributed by atoms with Crippen molar-refractivity contribution in [3.05, 3.63) is 70.9 Å². The summed E-state index contributed by atoms with van der Waals surface area (Å²) in [6, 6.07) is 15.4. The number of unbranched alkanes of at least 4 members (excludes halogenated alkanes) is 2. The predicted molar refractivity (Wildman–Crippen MR) is 194 cm³/mol. The first kappa shape index (κ1) is 40.3. The Hall–Kier alpha value is -4.91. The number of nitriles is 1. The average Bonchev–Trinajstić information content (AvgIpc) is 3.11. The van der Waals surface area contributed by atoms with Gasteiger partial charge in [0, 0.05) is 24.2 Å². The van der Waals surface area contributed by atoms with Gasteiger partial charge in [0.1, 0.15) is 17.3 Å². The smallest absolute Gasteiger partial charge is 0.354 e. The third-order valence-corrected chi connectivity index (χ3v) is 8.16. The van der Waals surface area contributed by atoms with Gasteiger partial charge in [-0.15, -0.1) is 0 Å². The van der Waals surface area contributed by atoms with Gasteiger partial charge in [0.25, 0.3) is 0 Å². The maximum Gasteiger partial charge on any atom is 0.354 e. The topological polar surface area (TPSA) is 161 Å². The van der Waals surface area contributed by atoms with E-state index in [2.05, 4.69) is 38.3 Å². The molecule has 2 aromatic rings. The van der Waals surface area contributed by atoms with Crippen LogP contribution in [0.5, 0.6) is 0 Å². The number of hydrogen-bond donors (Lipinski definition) is 3. The van der Waals surface area contributed by atoms with Crippen LogP contribution in [-0.4, -0.2) is 37.0 Å². The van der Waals surface area contributed by atoms with Gasteiger partial charge in [-0.2, -0.15) is 5.26 Å². The van der Waals surface area contributed by atoms with E-state index in [-0.39, 0.29) is 48.5 Å². The quantitative estimate of drug-likeness (QED) is 0.0689. The number of rotatable bonds is 21. The highest BCUT2D eigenvalue weighted by Crippen LogP contribution is 2.18. The summed E-state index contributed by atoms with van der Waals surface area (Å²) < 4.78 is 10.8. The van der Waals surface area contributed by atoms with E-state index in [9.17, 15) is 24.4 Å². The fraction of sp³-hybridized carbons (Fsp3) is 0.462. The Morgan fingerprint density at radius 2 is 1.14 bits per heavy atom. The largest absolute Gasteiger partial charge is 0.461 e. The van der Waals surface area contributed by atoms with Crippen molar-refractivity contribution in [2.45, 2.75) is 91.9 Å². The van der Waals surface area contributed by atoms with Crippen molar-refractivity contribution >= 4 is 47.3 Å². The van der Waals surface area contributed by atoms with Crippen molar-refractivity contribution in [2.75, 3.05) is 23.8 Å². The van der Waals surface area contributed by atoms with Crippen LogP contribution >= 0.6 is 0 Å². The summed E-state index contributed by atoms with van der Waals surface area (Å²) in [7, 11) is 0. The molecule has 0 saturated carbocycles. The van der Waals surface area contributed by atoms with E-state index < -0.39 is 11.9 Å². The molecule has 2 atom stereocenters. The number of nitrogens with zero attached hydrogens (tertiary/aromatic N) is 1. The standard InChI is InChI=1S/C39H52N4O6/c1-5-9-11-28(7-3)26-48-38(46)32(25-40)23-30-13-17-33(18-14-30)42-36(44)21-22-37(45)43-34-19-15-31(16-20-34)24-35(41)39(47)49-27-29(8-4)12-10-6-2/h13-20,23-24,28-29H,5-12,21-22,26-27,41H2,1-4H3,(H,42,44)(H,43,45)/b32-23+,35-24-. The minimum Gasteiger partial charge on any atom is -0.461 e. The normalized spacial score (nSPS) is 12.7. The lowest BCUT2D eigenvalue weighted by Crippen LogP contribution is -2.19. The van der Waals surface area contributed by atoms with Crippen LogP contribution in [0.1, 0.15) is 103 Å². The molecule has 0 aliphatic carbocycles. The fourth-order valence-corrected chi connectivity index (χ4v) is 4.89. The minimum absolute atomic E-state index is 0.00412. The number of carbonyl (C=O) groups is 4. The van der Waals surface area contributed by atoms with E-state index in [1.54, 1.807) is 48.5 Å². The lowest BCUT2D eigenvalue weighted by molar-refractivity contribution is -0.141. The third-order valence-electron chi connectivity index (χ3n) is 8.16. The van der Waals surface area contributed by atoms with E-state index in [1.807, 2.05) is 6.07 Å². The molecule has 49 heavy (non-hydrogen) atoms. The van der Waals surface area contributed by atoms with Crippen molar-refractivity contribution in [3.63, 3.8) is 0 Å². The van der Waals surface area contributed by atoms with Gasteiger partial charge in [0.05, 0.1) is 13.2 Å². The molecule has 264 valence electrons. The Labute approximate surface area is 291 Å². The number of nitrogens with one attached hydrogen (secondary N) is 2. The van der Waals surface area contributed by atoms with Crippen molar-refractivity contribution in [1.82, 2.24) is 0 Å². The first-order valence-electron chi connectivity index (χ1n) is 17.3. The van der Waals surface area contributed by atoms with Crippen molar-refractivity contribution in [3.8, 4) is 6.07 Å². The number of nitrogens with two attached hydrogens (primary N) is 1. The fourth-order valence-electron chi connectivity index (χ4n) is 4.89. The minimum atomic E-state index is -0.652. The van der Waals surface area contributed by atoms with Gasteiger partial charge in [-0.25, -0.2) is 9.59 Å². The molecule has 0 aliphatic heterocycles. The molecule has 10 nitrogen and oxygen atoms in total. The van der Waals surface area contributed by atoms with E-state index in [1.165, 1.54) is 12.2 Å². The number of amides is 2. The maximum atomic E-state index is 12.5. The highest BCUT2D eigenvalue weighted by Gasteiger charge is 2.15. The van der Waals surface area contributed by atoms with Crippen LogP contribution < -0.4 is 16.4 Å². The van der Waals surface area contributed by atoms with Gasteiger partial charge in [0.2, 0.25) is 11.8 Å². The van der Waals surface area contributed by atoms with Crippen LogP contribution in [0.3, 0.4) is 0 Å². The molecule has 0 aliphatic rings. The molecule has 0 heterocycles. The highest BCUT2D eigenvalue weighted by molar-refractivity contribution is 5.99. The summed E-state index contributed by atoms with van der Waals surface area (Å²) in [4.78, 5) is 49.7. The lowest BCUT2D eigenvalue weighted by Gasteiger charge is -2.14. The SMILES string of the molecule is CCCCC(CC)COC(=O)/C(N)=C/c1ccc(NC(=O)CCC(=O)Nc2ccc(/C=C(\C#N)C(=O)OCC(CC)CCCC)cc2)cc1. The molecule has 0 bridgehead atoms. The molecule has 0 fully saturated rings. The van der Waals surface area contributed by atoms with Gasteiger partial charge >= 0.3 is 11.9 Å². The van der Waals surface area contributed by atoms with Crippen LogP contribution in [0.4, 0.5) is 11.4 Å². The van der Waals surface area contributed by atoms with Crippen molar-refractivity contribution < 1.29 is 28.7 Å². The van der Waals surface area contributed by atoms with Gasteiger partial charge < -0.3 is 25.8 Å². The average molecular weight is 673 g/mol. The Kier molecular flexibility index (Phi) is 18.6. The molecule has 2 amide bonds.